The lowest BCUT2D eigenvalue weighted by Crippen LogP contribution is -2.11. The van der Waals surface area contributed by atoms with Crippen LogP contribution >= 0.6 is 0 Å². The summed E-state index contributed by atoms with van der Waals surface area (Å²) >= 11 is 0. The van der Waals surface area contributed by atoms with Gasteiger partial charge in [0.15, 0.2) is 0 Å². The number of para-hydroxylation sites is 1. The first kappa shape index (κ1) is 17.9. The highest BCUT2D eigenvalue weighted by atomic mass is 16.5. The molecule has 0 aliphatic heterocycles. The van der Waals surface area contributed by atoms with Gasteiger partial charge in [0.2, 0.25) is 5.91 Å². The van der Waals surface area contributed by atoms with Crippen molar-refractivity contribution in [2.45, 2.75) is 40.5 Å². The molecule has 0 spiro atoms. The molecular formula is C14H25NO2. The molecule has 0 aromatic heterocycles. The van der Waals surface area contributed by atoms with Gasteiger partial charge < -0.3 is 10.5 Å². The number of nitrogens with two attached hydrogens (primary N) is 1. The fourth-order valence-corrected chi connectivity index (χ4v) is 0.953. The standard InChI is InChI=1S/C10H13NO2.2C2H6/c11-10(12)7-4-8-13-9-5-2-1-3-6-9;2*1-2/h1-3,5-6H,4,7-8H2,(H2,11,12);2*1-2H3. The fourth-order valence-electron chi connectivity index (χ4n) is 0.953. The van der Waals surface area contributed by atoms with Crippen LogP contribution in [0, 0.1) is 0 Å². The van der Waals surface area contributed by atoms with E-state index in [1.807, 2.05) is 58.0 Å². The molecule has 17 heavy (non-hydrogen) atoms. The van der Waals surface area contributed by atoms with E-state index in [0.717, 1.165) is 5.75 Å². The Kier molecular flexibility index (Phi) is 15.2. The first-order valence-corrected chi connectivity index (χ1v) is 6.25. The highest BCUT2D eigenvalue weighted by Crippen LogP contribution is 2.08. The summed E-state index contributed by atoms with van der Waals surface area (Å²) in [4.78, 5) is 10.4. The van der Waals surface area contributed by atoms with Gasteiger partial charge in [-0.15, -0.1) is 0 Å². The Hall–Kier alpha value is -1.51. The van der Waals surface area contributed by atoms with Crippen LogP contribution in [-0.4, -0.2) is 12.5 Å². The second kappa shape index (κ2) is 14.5. The Morgan fingerprint density at radius 3 is 2.12 bits per heavy atom. The molecule has 0 radical (unpaired) electrons. The van der Waals surface area contributed by atoms with E-state index in [4.69, 9.17) is 10.5 Å². The number of ether oxygens (including phenoxy) is 1. The lowest BCUT2D eigenvalue weighted by Gasteiger charge is -2.03. The topological polar surface area (TPSA) is 52.3 Å². The summed E-state index contributed by atoms with van der Waals surface area (Å²) in [5, 5.41) is 0. The summed E-state index contributed by atoms with van der Waals surface area (Å²) in [5.74, 6) is 0.545. The number of hydrogen-bond acceptors (Lipinski definition) is 2. The molecule has 0 saturated carbocycles. The molecule has 0 bridgehead atoms. The van der Waals surface area contributed by atoms with Gasteiger partial charge in [0.1, 0.15) is 5.75 Å². The molecule has 0 fully saturated rings. The van der Waals surface area contributed by atoms with Crippen molar-refractivity contribution >= 4 is 5.91 Å². The van der Waals surface area contributed by atoms with Crippen molar-refractivity contribution in [2.75, 3.05) is 6.61 Å². The van der Waals surface area contributed by atoms with Gasteiger partial charge in [0.05, 0.1) is 6.61 Å². The summed E-state index contributed by atoms with van der Waals surface area (Å²) in [6.45, 7) is 8.53. The third-order valence-electron chi connectivity index (χ3n) is 1.58. The van der Waals surface area contributed by atoms with Crippen LogP contribution in [0.15, 0.2) is 30.3 Å². The van der Waals surface area contributed by atoms with Crippen LogP contribution in [0.5, 0.6) is 5.75 Å². The smallest absolute Gasteiger partial charge is 0.217 e. The quantitative estimate of drug-likeness (QED) is 0.801. The second-order valence-corrected chi connectivity index (χ2v) is 2.73. The van der Waals surface area contributed by atoms with Gasteiger partial charge in [-0.05, 0) is 18.6 Å². The Morgan fingerprint density at radius 2 is 1.65 bits per heavy atom. The van der Waals surface area contributed by atoms with E-state index < -0.39 is 0 Å². The van der Waals surface area contributed by atoms with Crippen molar-refractivity contribution in [1.82, 2.24) is 0 Å². The molecule has 98 valence electrons. The number of rotatable bonds is 5. The van der Waals surface area contributed by atoms with Crippen LogP contribution in [0.1, 0.15) is 40.5 Å². The van der Waals surface area contributed by atoms with E-state index in [1.165, 1.54) is 0 Å². The first-order chi connectivity index (χ1) is 8.29. The van der Waals surface area contributed by atoms with Gasteiger partial charge in [0.25, 0.3) is 0 Å². The normalized spacial score (nSPS) is 8.00. The third-order valence-corrected chi connectivity index (χ3v) is 1.58. The molecule has 1 aromatic carbocycles. The van der Waals surface area contributed by atoms with Crippen LogP contribution < -0.4 is 10.5 Å². The largest absolute Gasteiger partial charge is 0.494 e. The van der Waals surface area contributed by atoms with Gasteiger partial charge in [-0.2, -0.15) is 0 Å². The minimum Gasteiger partial charge on any atom is -0.494 e. The number of carbonyl (C=O) groups is 1. The Morgan fingerprint density at radius 1 is 1.12 bits per heavy atom. The van der Waals surface area contributed by atoms with Crippen LogP contribution in [0.2, 0.25) is 0 Å². The van der Waals surface area contributed by atoms with Gasteiger partial charge in [-0.1, -0.05) is 45.9 Å². The number of primary amides is 1. The van der Waals surface area contributed by atoms with Crippen molar-refractivity contribution in [3.8, 4) is 5.75 Å². The second-order valence-electron chi connectivity index (χ2n) is 2.73. The maximum atomic E-state index is 10.4. The first-order valence-electron chi connectivity index (χ1n) is 6.25. The average Bonchev–Trinajstić information content (AvgIpc) is 2.40. The predicted octanol–water partition coefficient (Wildman–Crippen LogP) is 3.38. The van der Waals surface area contributed by atoms with E-state index in [-0.39, 0.29) is 5.91 Å². The van der Waals surface area contributed by atoms with Crippen LogP contribution in [0.3, 0.4) is 0 Å². The molecule has 3 nitrogen and oxygen atoms in total. The molecule has 0 aliphatic rings. The Labute approximate surface area is 105 Å². The lowest BCUT2D eigenvalue weighted by molar-refractivity contribution is -0.118. The summed E-state index contributed by atoms with van der Waals surface area (Å²) in [7, 11) is 0. The molecule has 0 atom stereocenters. The zero-order valence-corrected chi connectivity index (χ0v) is 11.4. The van der Waals surface area contributed by atoms with Crippen LogP contribution in [-0.2, 0) is 4.79 Å². The predicted molar refractivity (Wildman–Crippen MR) is 73.1 cm³/mol. The van der Waals surface area contributed by atoms with E-state index in [1.54, 1.807) is 0 Å². The van der Waals surface area contributed by atoms with E-state index in [9.17, 15) is 4.79 Å². The number of amides is 1. The van der Waals surface area contributed by atoms with Crippen molar-refractivity contribution in [1.29, 1.82) is 0 Å². The maximum Gasteiger partial charge on any atom is 0.217 e. The minimum absolute atomic E-state index is 0.281. The van der Waals surface area contributed by atoms with Crippen molar-refractivity contribution in [3.05, 3.63) is 30.3 Å². The zero-order valence-electron chi connectivity index (χ0n) is 11.4. The van der Waals surface area contributed by atoms with E-state index in [0.29, 0.717) is 19.4 Å². The molecule has 1 aromatic rings. The number of carbonyl (C=O) groups excluding carboxylic acids is 1. The van der Waals surface area contributed by atoms with Gasteiger partial charge >= 0.3 is 0 Å². The SMILES string of the molecule is CC.CC.NC(=O)CCCOc1ccccc1. The molecule has 2 N–H and O–H groups in total. The minimum atomic E-state index is -0.281. The monoisotopic (exact) mass is 239 g/mol. The average molecular weight is 239 g/mol. The van der Waals surface area contributed by atoms with E-state index >= 15 is 0 Å². The molecule has 1 amide bonds. The molecule has 3 heteroatoms. The molecule has 0 heterocycles. The zero-order chi connectivity index (χ0) is 13.5. The van der Waals surface area contributed by atoms with Crippen LogP contribution in [0.4, 0.5) is 0 Å². The Bertz CT molecular complexity index is 260. The Balaban J connectivity index is 0. The summed E-state index contributed by atoms with van der Waals surface area (Å²) in [5.41, 5.74) is 4.98. The molecule has 0 aliphatic carbocycles. The number of hydrogen-bond donors (Lipinski definition) is 1. The molecular weight excluding hydrogens is 214 g/mol. The molecule has 0 unspecified atom stereocenters. The third kappa shape index (κ3) is 12.4. The lowest BCUT2D eigenvalue weighted by atomic mass is 10.3. The molecule has 0 saturated heterocycles. The van der Waals surface area contributed by atoms with Crippen molar-refractivity contribution in [2.24, 2.45) is 5.73 Å². The maximum absolute atomic E-state index is 10.4. The van der Waals surface area contributed by atoms with Gasteiger partial charge in [-0.25, -0.2) is 0 Å². The van der Waals surface area contributed by atoms with Crippen LogP contribution in [0.25, 0.3) is 0 Å². The van der Waals surface area contributed by atoms with Crippen molar-refractivity contribution in [3.63, 3.8) is 0 Å². The van der Waals surface area contributed by atoms with Gasteiger partial charge in [0, 0.05) is 6.42 Å². The summed E-state index contributed by atoms with van der Waals surface area (Å²) < 4.78 is 5.35. The van der Waals surface area contributed by atoms with Gasteiger partial charge in [-0.3, -0.25) is 4.79 Å². The fraction of sp³-hybridized carbons (Fsp3) is 0.500. The van der Waals surface area contributed by atoms with E-state index in [2.05, 4.69) is 0 Å². The summed E-state index contributed by atoms with van der Waals surface area (Å²) in [6, 6.07) is 9.50. The van der Waals surface area contributed by atoms with Crippen molar-refractivity contribution < 1.29 is 9.53 Å². The highest BCUT2D eigenvalue weighted by Gasteiger charge is 1.95. The number of benzene rings is 1. The highest BCUT2D eigenvalue weighted by molar-refractivity contribution is 5.73. The molecule has 1 rings (SSSR count). The summed E-state index contributed by atoms with van der Waals surface area (Å²) in [6.07, 6.45) is 1.05.